The molecule has 0 aromatic carbocycles. The molecule has 0 spiro atoms. The van der Waals surface area contributed by atoms with Gasteiger partial charge in [0, 0.05) is 20.6 Å². The lowest BCUT2D eigenvalue weighted by Crippen LogP contribution is -2.37. The summed E-state index contributed by atoms with van der Waals surface area (Å²) in [7, 11) is 3.40. The van der Waals surface area contributed by atoms with Crippen LogP contribution in [0.15, 0.2) is 6.33 Å². The second kappa shape index (κ2) is 5.67. The lowest BCUT2D eigenvalue weighted by atomic mass is 10.4. The van der Waals surface area contributed by atoms with Crippen molar-refractivity contribution in [1.82, 2.24) is 14.9 Å². The first kappa shape index (κ1) is 13.5. The fourth-order valence-electron chi connectivity index (χ4n) is 1.24. The van der Waals surface area contributed by atoms with Gasteiger partial charge in [0.1, 0.15) is 17.2 Å². The van der Waals surface area contributed by atoms with Crippen molar-refractivity contribution in [3.05, 3.63) is 11.3 Å². The van der Waals surface area contributed by atoms with Gasteiger partial charge >= 0.3 is 0 Å². The zero-order valence-corrected chi connectivity index (χ0v) is 10.9. The van der Waals surface area contributed by atoms with Crippen LogP contribution in [0.1, 0.15) is 6.92 Å². The maximum Gasteiger partial charge on any atom is 0.241 e. The Morgan fingerprint density at radius 1 is 1.47 bits per heavy atom. The van der Waals surface area contributed by atoms with E-state index in [9.17, 15) is 4.79 Å². The fraction of sp³-hybridized carbons (Fsp3) is 0.500. The Hall–Kier alpha value is -1.56. The summed E-state index contributed by atoms with van der Waals surface area (Å²) < 4.78 is 0. The molecule has 1 aromatic rings. The molecule has 0 saturated carbocycles. The molecule has 94 valence electrons. The van der Waals surface area contributed by atoms with Crippen LogP contribution >= 0.6 is 11.6 Å². The zero-order valence-electron chi connectivity index (χ0n) is 10.1. The van der Waals surface area contributed by atoms with Gasteiger partial charge in [-0.1, -0.05) is 11.6 Å². The summed E-state index contributed by atoms with van der Waals surface area (Å²) >= 11 is 6.01. The van der Waals surface area contributed by atoms with Gasteiger partial charge in [0.05, 0.1) is 6.54 Å². The number of halogens is 1. The lowest BCUT2D eigenvalue weighted by molar-refractivity contribution is -0.127. The van der Waals surface area contributed by atoms with Crippen LogP contribution in [0.5, 0.6) is 0 Å². The third-order valence-electron chi connectivity index (χ3n) is 2.30. The van der Waals surface area contributed by atoms with Gasteiger partial charge in [0.2, 0.25) is 5.91 Å². The van der Waals surface area contributed by atoms with E-state index in [1.807, 2.05) is 6.92 Å². The van der Waals surface area contributed by atoms with Gasteiger partial charge in [0.25, 0.3) is 0 Å². The fourth-order valence-corrected chi connectivity index (χ4v) is 1.45. The van der Waals surface area contributed by atoms with E-state index in [0.717, 1.165) is 0 Å². The third kappa shape index (κ3) is 3.20. The van der Waals surface area contributed by atoms with Crippen molar-refractivity contribution in [3.8, 4) is 0 Å². The molecule has 0 bridgehead atoms. The largest absolute Gasteiger partial charge is 0.382 e. The van der Waals surface area contributed by atoms with Gasteiger partial charge in [-0.2, -0.15) is 0 Å². The second-order valence-corrected chi connectivity index (χ2v) is 4.08. The van der Waals surface area contributed by atoms with E-state index in [-0.39, 0.29) is 23.3 Å². The maximum absolute atomic E-state index is 11.6. The van der Waals surface area contributed by atoms with Gasteiger partial charge in [-0.15, -0.1) is 0 Å². The van der Waals surface area contributed by atoms with Crippen LogP contribution in [-0.2, 0) is 4.79 Å². The highest BCUT2D eigenvalue weighted by Crippen LogP contribution is 2.26. The van der Waals surface area contributed by atoms with Gasteiger partial charge in [-0.25, -0.2) is 9.97 Å². The summed E-state index contributed by atoms with van der Waals surface area (Å²) in [5.41, 5.74) is 5.60. The zero-order chi connectivity index (χ0) is 13.0. The number of hydrogen-bond acceptors (Lipinski definition) is 5. The van der Waals surface area contributed by atoms with Crippen molar-refractivity contribution in [3.63, 3.8) is 0 Å². The van der Waals surface area contributed by atoms with Crippen molar-refractivity contribution < 1.29 is 4.79 Å². The Labute approximate surface area is 105 Å². The van der Waals surface area contributed by atoms with Crippen LogP contribution in [-0.4, -0.2) is 48.0 Å². The molecule has 0 aliphatic rings. The number of rotatable bonds is 4. The van der Waals surface area contributed by atoms with Crippen LogP contribution in [0, 0.1) is 0 Å². The number of amides is 1. The summed E-state index contributed by atoms with van der Waals surface area (Å²) in [5, 5.41) is 0.279. The highest BCUT2D eigenvalue weighted by atomic mass is 35.5. The molecule has 6 nitrogen and oxygen atoms in total. The van der Waals surface area contributed by atoms with Crippen LogP contribution in [0.2, 0.25) is 5.02 Å². The number of nitrogens with zero attached hydrogens (tertiary/aromatic N) is 4. The van der Waals surface area contributed by atoms with Gasteiger partial charge in [-0.3, -0.25) is 4.79 Å². The van der Waals surface area contributed by atoms with Gasteiger partial charge in [-0.05, 0) is 6.92 Å². The van der Waals surface area contributed by atoms with Crippen molar-refractivity contribution >= 4 is 29.1 Å². The Kier molecular flexibility index (Phi) is 4.51. The highest BCUT2D eigenvalue weighted by molar-refractivity contribution is 6.35. The molecule has 0 saturated heterocycles. The molecular weight excluding hydrogens is 242 g/mol. The molecule has 0 aliphatic carbocycles. The van der Waals surface area contributed by atoms with Crippen molar-refractivity contribution in [2.24, 2.45) is 0 Å². The van der Waals surface area contributed by atoms with Crippen molar-refractivity contribution in [1.29, 1.82) is 0 Å². The standard InChI is InChI=1S/C10H16ClN5O/c1-4-16(5-7(17)15(2)3)10-8(11)9(12)13-6-14-10/h6H,4-5H2,1-3H3,(H2,12,13,14). The molecule has 2 N–H and O–H groups in total. The minimum atomic E-state index is -0.0277. The van der Waals surface area contributed by atoms with Crippen LogP contribution in [0.4, 0.5) is 11.6 Å². The number of nitrogens with two attached hydrogens (primary N) is 1. The smallest absolute Gasteiger partial charge is 0.241 e. The first-order valence-corrected chi connectivity index (χ1v) is 5.56. The predicted molar refractivity (Wildman–Crippen MR) is 68.0 cm³/mol. The molecular formula is C10H16ClN5O. The average molecular weight is 258 g/mol. The normalized spacial score (nSPS) is 10.1. The topological polar surface area (TPSA) is 75.4 Å². The lowest BCUT2D eigenvalue weighted by Gasteiger charge is -2.23. The number of anilines is 2. The summed E-state index contributed by atoms with van der Waals surface area (Å²) in [6, 6.07) is 0. The Morgan fingerprint density at radius 3 is 2.65 bits per heavy atom. The molecule has 1 rings (SSSR count). The van der Waals surface area contributed by atoms with E-state index in [1.54, 1.807) is 19.0 Å². The quantitative estimate of drug-likeness (QED) is 0.856. The molecule has 1 heterocycles. The Bertz CT molecular complexity index is 410. The average Bonchev–Trinajstić information content (AvgIpc) is 2.29. The van der Waals surface area contributed by atoms with E-state index in [1.165, 1.54) is 11.2 Å². The number of carbonyl (C=O) groups is 1. The molecule has 0 radical (unpaired) electrons. The molecule has 17 heavy (non-hydrogen) atoms. The number of nitrogen functional groups attached to an aromatic ring is 1. The van der Waals surface area contributed by atoms with E-state index in [2.05, 4.69) is 9.97 Å². The van der Waals surface area contributed by atoms with E-state index in [0.29, 0.717) is 12.4 Å². The monoisotopic (exact) mass is 257 g/mol. The second-order valence-electron chi connectivity index (χ2n) is 3.70. The van der Waals surface area contributed by atoms with Crippen molar-refractivity contribution in [2.75, 3.05) is 37.8 Å². The summed E-state index contributed by atoms with van der Waals surface area (Å²) in [6.45, 7) is 2.73. The van der Waals surface area contributed by atoms with E-state index < -0.39 is 0 Å². The van der Waals surface area contributed by atoms with Crippen LogP contribution < -0.4 is 10.6 Å². The number of carbonyl (C=O) groups excluding carboxylic acids is 1. The Balaban J connectivity index is 2.94. The SMILES string of the molecule is CCN(CC(=O)N(C)C)c1ncnc(N)c1Cl. The summed E-state index contributed by atoms with van der Waals surface area (Å²) in [6.07, 6.45) is 1.33. The molecule has 0 atom stereocenters. The molecule has 7 heteroatoms. The molecule has 0 aliphatic heterocycles. The molecule has 1 aromatic heterocycles. The van der Waals surface area contributed by atoms with E-state index in [4.69, 9.17) is 17.3 Å². The third-order valence-corrected chi connectivity index (χ3v) is 2.67. The number of aromatic nitrogens is 2. The van der Waals surface area contributed by atoms with Gasteiger partial charge in [0.15, 0.2) is 5.82 Å². The van der Waals surface area contributed by atoms with Crippen LogP contribution in [0.3, 0.4) is 0 Å². The summed E-state index contributed by atoms with van der Waals surface area (Å²) in [5.74, 6) is 0.671. The predicted octanol–water partition coefficient (Wildman–Crippen LogP) is 0.627. The number of hydrogen-bond donors (Lipinski definition) is 1. The van der Waals surface area contributed by atoms with Gasteiger partial charge < -0.3 is 15.5 Å². The molecule has 0 unspecified atom stereocenters. The first-order chi connectivity index (χ1) is 7.97. The first-order valence-electron chi connectivity index (χ1n) is 5.18. The maximum atomic E-state index is 11.6. The number of likely N-dealkylation sites (N-methyl/N-ethyl adjacent to an activating group) is 2. The minimum Gasteiger partial charge on any atom is -0.382 e. The summed E-state index contributed by atoms with van der Waals surface area (Å²) in [4.78, 5) is 22.8. The van der Waals surface area contributed by atoms with Crippen molar-refractivity contribution in [2.45, 2.75) is 6.92 Å². The Morgan fingerprint density at radius 2 is 2.12 bits per heavy atom. The highest BCUT2D eigenvalue weighted by Gasteiger charge is 2.17. The molecule has 0 fully saturated rings. The minimum absolute atomic E-state index is 0.0277. The molecule has 1 amide bonds. The van der Waals surface area contributed by atoms with E-state index >= 15 is 0 Å². The van der Waals surface area contributed by atoms with Crippen LogP contribution in [0.25, 0.3) is 0 Å².